The number of hydrogen-bond donors (Lipinski definition) is 1. The van der Waals surface area contributed by atoms with Crippen LogP contribution in [0.1, 0.15) is 18.4 Å². The molecule has 3 heterocycles. The molecule has 0 saturated carbocycles. The predicted octanol–water partition coefficient (Wildman–Crippen LogP) is 3.50. The van der Waals surface area contributed by atoms with E-state index in [1.807, 2.05) is 4.90 Å². The fourth-order valence-electron chi connectivity index (χ4n) is 3.79. The van der Waals surface area contributed by atoms with Crippen LogP contribution in [0.5, 0.6) is 6.01 Å². The zero-order valence-corrected chi connectivity index (χ0v) is 15.3. The van der Waals surface area contributed by atoms with Crippen LogP contribution in [0.4, 0.5) is 23.4 Å². The van der Waals surface area contributed by atoms with Crippen molar-refractivity contribution in [1.29, 1.82) is 0 Å². The highest BCUT2D eigenvalue weighted by atomic mass is 79.9. The van der Waals surface area contributed by atoms with Crippen LogP contribution in [0, 0.1) is 5.82 Å². The average Bonchev–Trinajstić information content (AvgIpc) is 2.84. The maximum absolute atomic E-state index is 14.7. The molecule has 140 valence electrons. The van der Waals surface area contributed by atoms with Crippen LogP contribution in [-0.4, -0.2) is 42.3 Å². The molecule has 2 aromatic rings. The van der Waals surface area contributed by atoms with Gasteiger partial charge in [0, 0.05) is 30.6 Å². The van der Waals surface area contributed by atoms with Crippen LogP contribution >= 0.6 is 15.9 Å². The minimum absolute atomic E-state index is 0.0395. The van der Waals surface area contributed by atoms with Crippen molar-refractivity contribution in [3.8, 4) is 6.01 Å². The van der Waals surface area contributed by atoms with E-state index < -0.39 is 22.0 Å². The Balaban J connectivity index is 2.01. The average molecular weight is 435 g/mol. The normalized spacial score (nSPS) is 22.9. The quantitative estimate of drug-likeness (QED) is 0.733. The second-order valence-electron chi connectivity index (χ2n) is 6.43. The summed E-state index contributed by atoms with van der Waals surface area (Å²) in [7, 11) is 1.34. The molecule has 2 aliphatic heterocycles. The molecule has 2 atom stereocenters. The van der Waals surface area contributed by atoms with Crippen molar-refractivity contribution in [2.24, 2.45) is 0 Å². The summed E-state index contributed by atoms with van der Waals surface area (Å²) >= 11 is 2.72. The number of aromatic nitrogens is 2. The molecular weight excluding hydrogens is 420 g/mol. The Labute approximate surface area is 154 Å². The first-order valence-electron chi connectivity index (χ1n) is 8.11. The van der Waals surface area contributed by atoms with E-state index in [9.17, 15) is 17.6 Å². The van der Waals surface area contributed by atoms with Gasteiger partial charge in [-0.15, -0.1) is 0 Å². The van der Waals surface area contributed by atoms with Crippen LogP contribution in [0.25, 0.3) is 10.9 Å². The molecule has 26 heavy (non-hydrogen) atoms. The molecule has 0 spiro atoms. The second kappa shape index (κ2) is 6.19. The zero-order valence-electron chi connectivity index (χ0n) is 13.7. The highest BCUT2D eigenvalue weighted by molar-refractivity contribution is 9.10. The van der Waals surface area contributed by atoms with Gasteiger partial charge >= 0.3 is 12.2 Å². The van der Waals surface area contributed by atoms with E-state index >= 15 is 0 Å². The molecule has 1 aromatic carbocycles. The van der Waals surface area contributed by atoms with Gasteiger partial charge in [-0.2, -0.15) is 23.1 Å². The monoisotopic (exact) mass is 434 g/mol. The van der Waals surface area contributed by atoms with Gasteiger partial charge in [0.1, 0.15) is 11.3 Å². The molecule has 5 nitrogen and oxygen atoms in total. The second-order valence-corrected chi connectivity index (χ2v) is 7.22. The SMILES string of the molecule is COc1nc(N2C3CCC2CNC3)c2cc(C(F)(F)F)c(Br)c(F)c2n1. The Hall–Kier alpha value is -1.68. The summed E-state index contributed by atoms with van der Waals surface area (Å²) in [5, 5.41) is 3.34. The number of nitrogens with one attached hydrogen (secondary N) is 1. The van der Waals surface area contributed by atoms with Gasteiger partial charge in [-0.25, -0.2) is 4.39 Å². The number of alkyl halides is 3. The largest absolute Gasteiger partial charge is 0.467 e. The lowest BCUT2D eigenvalue weighted by Crippen LogP contribution is -2.52. The summed E-state index contributed by atoms with van der Waals surface area (Å²) in [6, 6.07) is 1.03. The lowest BCUT2D eigenvalue weighted by Gasteiger charge is -2.37. The van der Waals surface area contributed by atoms with E-state index in [1.165, 1.54) is 7.11 Å². The van der Waals surface area contributed by atoms with Gasteiger partial charge in [0.05, 0.1) is 17.1 Å². The molecule has 4 rings (SSSR count). The summed E-state index contributed by atoms with van der Waals surface area (Å²) in [6.45, 7) is 1.41. The fraction of sp³-hybridized carbons (Fsp3) is 0.500. The highest BCUT2D eigenvalue weighted by Crippen LogP contribution is 2.43. The maximum Gasteiger partial charge on any atom is 0.417 e. The Morgan fingerprint density at radius 1 is 1.23 bits per heavy atom. The molecule has 0 radical (unpaired) electrons. The summed E-state index contributed by atoms with van der Waals surface area (Å²) in [4.78, 5) is 10.2. The smallest absolute Gasteiger partial charge is 0.417 e. The summed E-state index contributed by atoms with van der Waals surface area (Å²) < 4.78 is 59.2. The molecule has 2 bridgehead atoms. The van der Waals surface area contributed by atoms with Gasteiger partial charge in [0.25, 0.3) is 0 Å². The van der Waals surface area contributed by atoms with Crippen molar-refractivity contribution in [3.05, 3.63) is 21.9 Å². The van der Waals surface area contributed by atoms with E-state index in [1.54, 1.807) is 0 Å². The first-order valence-corrected chi connectivity index (χ1v) is 8.90. The molecule has 2 unspecified atom stereocenters. The van der Waals surface area contributed by atoms with Crippen LogP contribution in [0.3, 0.4) is 0 Å². The number of methoxy groups -OCH3 is 1. The molecule has 2 aliphatic rings. The van der Waals surface area contributed by atoms with Crippen molar-refractivity contribution >= 4 is 32.7 Å². The third-order valence-electron chi connectivity index (χ3n) is 4.94. The molecule has 1 aromatic heterocycles. The number of fused-ring (bicyclic) bond motifs is 3. The number of benzene rings is 1. The van der Waals surface area contributed by atoms with Crippen LogP contribution in [0.15, 0.2) is 10.5 Å². The first kappa shape index (κ1) is 17.7. The standard InChI is InChI=1S/C16H15BrF4N4O/c1-26-15-23-13-9(4-10(16(19,20)21)11(17)12(13)18)14(24-15)25-7-2-3-8(25)6-22-5-7/h4,7-8,22H,2-3,5-6H2,1H3. The molecule has 0 amide bonds. The molecule has 2 fully saturated rings. The third kappa shape index (κ3) is 2.70. The van der Waals surface area contributed by atoms with Crippen molar-refractivity contribution in [2.75, 3.05) is 25.1 Å². The van der Waals surface area contributed by atoms with Crippen LogP contribution in [0.2, 0.25) is 0 Å². The van der Waals surface area contributed by atoms with Crippen LogP contribution in [-0.2, 0) is 6.18 Å². The van der Waals surface area contributed by atoms with Gasteiger partial charge in [0.2, 0.25) is 0 Å². The zero-order chi connectivity index (χ0) is 18.6. The fourth-order valence-corrected chi connectivity index (χ4v) is 4.31. The topological polar surface area (TPSA) is 50.3 Å². The predicted molar refractivity (Wildman–Crippen MR) is 90.9 cm³/mol. The van der Waals surface area contributed by atoms with Crippen LogP contribution < -0.4 is 15.0 Å². The third-order valence-corrected chi connectivity index (χ3v) is 5.72. The summed E-state index contributed by atoms with van der Waals surface area (Å²) in [5.74, 6) is -0.781. The van der Waals surface area contributed by atoms with E-state index in [-0.39, 0.29) is 34.8 Å². The van der Waals surface area contributed by atoms with Gasteiger partial charge in [0.15, 0.2) is 5.82 Å². The van der Waals surface area contributed by atoms with Crippen molar-refractivity contribution in [3.63, 3.8) is 0 Å². The summed E-state index contributed by atoms with van der Waals surface area (Å²) in [6.07, 6.45) is -2.90. The molecule has 0 aliphatic carbocycles. The van der Waals surface area contributed by atoms with E-state index in [4.69, 9.17) is 4.74 Å². The van der Waals surface area contributed by atoms with E-state index in [0.717, 1.165) is 18.9 Å². The van der Waals surface area contributed by atoms with Gasteiger partial charge < -0.3 is 15.0 Å². The Morgan fingerprint density at radius 3 is 2.46 bits per heavy atom. The van der Waals surface area contributed by atoms with Gasteiger partial charge in [-0.1, -0.05) is 0 Å². The maximum atomic E-state index is 14.7. The van der Waals surface area contributed by atoms with Gasteiger partial charge in [-0.3, -0.25) is 0 Å². The molecule has 1 N–H and O–H groups in total. The van der Waals surface area contributed by atoms with E-state index in [2.05, 4.69) is 31.2 Å². The minimum Gasteiger partial charge on any atom is -0.467 e. The van der Waals surface area contributed by atoms with Crippen molar-refractivity contribution < 1.29 is 22.3 Å². The molecule has 10 heteroatoms. The Morgan fingerprint density at radius 2 is 1.88 bits per heavy atom. The lowest BCUT2D eigenvalue weighted by atomic mass is 10.1. The number of nitrogens with zero attached hydrogens (tertiary/aromatic N) is 3. The number of anilines is 1. The Kier molecular flexibility index (Phi) is 4.22. The summed E-state index contributed by atoms with van der Waals surface area (Å²) in [5.41, 5.74) is -1.27. The number of hydrogen-bond acceptors (Lipinski definition) is 5. The highest BCUT2D eigenvalue weighted by Gasteiger charge is 2.40. The molecular formula is C16H15BrF4N4O. The van der Waals surface area contributed by atoms with E-state index in [0.29, 0.717) is 13.1 Å². The number of piperazine rings is 1. The number of halogens is 5. The lowest BCUT2D eigenvalue weighted by molar-refractivity contribution is -0.138. The van der Waals surface area contributed by atoms with Gasteiger partial charge in [-0.05, 0) is 34.8 Å². The Bertz CT molecular complexity index is 860. The molecule has 2 saturated heterocycles. The number of rotatable bonds is 2. The van der Waals surface area contributed by atoms with Crippen molar-refractivity contribution in [1.82, 2.24) is 15.3 Å². The number of ether oxygens (including phenoxy) is 1. The first-order chi connectivity index (χ1) is 12.3. The van der Waals surface area contributed by atoms with Crippen molar-refractivity contribution in [2.45, 2.75) is 31.1 Å². The minimum atomic E-state index is -4.70.